The summed E-state index contributed by atoms with van der Waals surface area (Å²) in [4.78, 5) is 14.1. The molecule has 0 unspecified atom stereocenters. The second kappa shape index (κ2) is 6.06. The van der Waals surface area contributed by atoms with Gasteiger partial charge in [0.05, 0.1) is 24.5 Å². The molecule has 2 rings (SSSR count). The molecule has 0 aliphatic carbocycles. The third-order valence-corrected chi connectivity index (χ3v) is 3.69. The minimum Gasteiger partial charge on any atom is -0.496 e. The fourth-order valence-corrected chi connectivity index (χ4v) is 2.64. The number of ketones is 1. The maximum atomic E-state index is 11.9. The number of methoxy groups -OCH3 is 2. The van der Waals surface area contributed by atoms with Crippen molar-refractivity contribution in [1.82, 2.24) is 0 Å². The van der Waals surface area contributed by atoms with E-state index in [4.69, 9.17) is 9.47 Å². The highest BCUT2D eigenvalue weighted by Gasteiger charge is 2.23. The van der Waals surface area contributed by atoms with Crippen molar-refractivity contribution in [3.05, 3.63) is 23.8 Å². The largest absolute Gasteiger partial charge is 0.496 e. The molecule has 19 heavy (non-hydrogen) atoms. The van der Waals surface area contributed by atoms with E-state index in [1.54, 1.807) is 21.1 Å². The first-order valence-electron chi connectivity index (χ1n) is 6.63. The molecule has 4 heteroatoms. The van der Waals surface area contributed by atoms with Gasteiger partial charge in [0.15, 0.2) is 5.78 Å². The molecule has 4 nitrogen and oxygen atoms in total. The molecular formula is C15H21NO3. The topological polar surface area (TPSA) is 38.8 Å². The monoisotopic (exact) mass is 263 g/mol. The lowest BCUT2D eigenvalue weighted by atomic mass is 10.0. The van der Waals surface area contributed by atoms with Crippen LogP contribution in [-0.4, -0.2) is 39.2 Å². The molecule has 1 fully saturated rings. The van der Waals surface area contributed by atoms with E-state index in [0.29, 0.717) is 17.4 Å². The van der Waals surface area contributed by atoms with Gasteiger partial charge in [0.2, 0.25) is 0 Å². The predicted molar refractivity (Wildman–Crippen MR) is 75.2 cm³/mol. The van der Waals surface area contributed by atoms with Crippen molar-refractivity contribution in [3.63, 3.8) is 0 Å². The Morgan fingerprint density at radius 3 is 2.47 bits per heavy atom. The summed E-state index contributed by atoms with van der Waals surface area (Å²) in [5, 5.41) is 0. The van der Waals surface area contributed by atoms with Crippen LogP contribution in [0, 0.1) is 0 Å². The van der Waals surface area contributed by atoms with Crippen molar-refractivity contribution >= 4 is 11.5 Å². The predicted octanol–water partition coefficient (Wildman–Crippen LogP) is 2.51. The van der Waals surface area contributed by atoms with E-state index in [0.717, 1.165) is 31.6 Å². The Bertz CT molecular complexity index is 451. The van der Waals surface area contributed by atoms with Crippen LogP contribution in [-0.2, 0) is 4.74 Å². The average molecular weight is 263 g/mol. The Morgan fingerprint density at radius 2 is 1.95 bits per heavy atom. The second-order valence-corrected chi connectivity index (χ2v) is 4.83. The lowest BCUT2D eigenvalue weighted by Crippen LogP contribution is -2.37. The second-order valence-electron chi connectivity index (χ2n) is 4.83. The summed E-state index contributed by atoms with van der Waals surface area (Å²) in [5.41, 5.74) is 1.65. The number of anilines is 1. The van der Waals surface area contributed by atoms with E-state index in [1.165, 1.54) is 0 Å². The summed E-state index contributed by atoms with van der Waals surface area (Å²) in [6, 6.07) is 5.76. The van der Waals surface area contributed by atoms with Crippen LogP contribution in [0.4, 0.5) is 5.69 Å². The molecule has 0 spiro atoms. The van der Waals surface area contributed by atoms with Gasteiger partial charge in [-0.1, -0.05) is 6.07 Å². The van der Waals surface area contributed by atoms with Gasteiger partial charge >= 0.3 is 0 Å². The summed E-state index contributed by atoms with van der Waals surface area (Å²) < 4.78 is 10.7. The average Bonchev–Trinajstić information content (AvgIpc) is 2.46. The molecule has 1 heterocycles. The summed E-state index contributed by atoms with van der Waals surface area (Å²) in [7, 11) is 3.36. The maximum Gasteiger partial charge on any atom is 0.165 e. The van der Waals surface area contributed by atoms with Gasteiger partial charge in [0.1, 0.15) is 5.75 Å². The van der Waals surface area contributed by atoms with Crippen molar-refractivity contribution in [1.29, 1.82) is 0 Å². The Labute approximate surface area is 114 Å². The van der Waals surface area contributed by atoms with Crippen molar-refractivity contribution in [2.45, 2.75) is 25.9 Å². The maximum absolute atomic E-state index is 11.9. The SMILES string of the molecule is COc1cccc(N2CCC(OC)CC2)c1C(C)=O. The Hall–Kier alpha value is -1.55. The Kier molecular flexibility index (Phi) is 4.43. The van der Waals surface area contributed by atoms with Gasteiger partial charge < -0.3 is 14.4 Å². The minimum atomic E-state index is 0.0429. The van der Waals surface area contributed by atoms with Gasteiger partial charge in [0, 0.05) is 20.2 Å². The van der Waals surface area contributed by atoms with Crippen LogP contribution >= 0.6 is 0 Å². The summed E-state index contributed by atoms with van der Waals surface area (Å²) >= 11 is 0. The van der Waals surface area contributed by atoms with E-state index >= 15 is 0 Å². The Morgan fingerprint density at radius 1 is 1.26 bits per heavy atom. The Balaban J connectivity index is 2.27. The van der Waals surface area contributed by atoms with Gasteiger partial charge in [-0.2, -0.15) is 0 Å². The summed E-state index contributed by atoms with van der Waals surface area (Å²) in [5.74, 6) is 0.695. The number of benzene rings is 1. The standard InChI is InChI=1S/C15H21NO3/c1-11(17)15-13(5-4-6-14(15)19-3)16-9-7-12(18-2)8-10-16/h4-6,12H,7-10H2,1-3H3. The first kappa shape index (κ1) is 13.9. The van der Waals surface area contributed by atoms with Gasteiger partial charge in [-0.3, -0.25) is 4.79 Å². The number of rotatable bonds is 4. The molecule has 0 atom stereocenters. The molecule has 1 saturated heterocycles. The van der Waals surface area contributed by atoms with Gasteiger partial charge in [-0.05, 0) is 31.9 Å². The quantitative estimate of drug-likeness (QED) is 0.782. The number of carbonyl (C=O) groups is 1. The molecule has 0 amide bonds. The van der Waals surface area contributed by atoms with Crippen LogP contribution in [0.25, 0.3) is 0 Å². The zero-order valence-electron chi connectivity index (χ0n) is 11.8. The third kappa shape index (κ3) is 2.89. The molecule has 1 aromatic rings. The number of Topliss-reactive ketones (excluding diaryl/α,β-unsaturated/α-hetero) is 1. The summed E-state index contributed by atoms with van der Waals surface area (Å²) in [6.07, 6.45) is 2.32. The molecule has 1 aromatic carbocycles. The van der Waals surface area contributed by atoms with E-state index in [9.17, 15) is 4.79 Å². The fraction of sp³-hybridized carbons (Fsp3) is 0.533. The van der Waals surface area contributed by atoms with Crippen LogP contribution in [0.15, 0.2) is 18.2 Å². The number of piperidine rings is 1. The molecule has 104 valence electrons. The molecule has 0 radical (unpaired) electrons. The number of ether oxygens (including phenoxy) is 2. The van der Waals surface area contributed by atoms with Gasteiger partial charge in [-0.25, -0.2) is 0 Å². The first-order valence-corrected chi connectivity index (χ1v) is 6.63. The van der Waals surface area contributed by atoms with E-state index in [1.807, 2.05) is 18.2 Å². The first-order chi connectivity index (χ1) is 9.17. The smallest absolute Gasteiger partial charge is 0.165 e. The van der Waals surface area contributed by atoms with Crippen LogP contribution in [0.5, 0.6) is 5.75 Å². The van der Waals surface area contributed by atoms with Gasteiger partial charge in [0.25, 0.3) is 0 Å². The molecule has 1 aliphatic rings. The molecule has 1 aliphatic heterocycles. The molecule has 0 aromatic heterocycles. The minimum absolute atomic E-state index is 0.0429. The van der Waals surface area contributed by atoms with Crippen LogP contribution in [0.1, 0.15) is 30.1 Å². The van der Waals surface area contributed by atoms with Crippen LogP contribution in [0.2, 0.25) is 0 Å². The zero-order valence-corrected chi connectivity index (χ0v) is 11.8. The highest BCUT2D eigenvalue weighted by Crippen LogP contribution is 2.31. The van der Waals surface area contributed by atoms with Crippen molar-refractivity contribution < 1.29 is 14.3 Å². The van der Waals surface area contributed by atoms with Crippen molar-refractivity contribution in [2.75, 3.05) is 32.2 Å². The molecule has 0 bridgehead atoms. The van der Waals surface area contributed by atoms with E-state index < -0.39 is 0 Å². The van der Waals surface area contributed by atoms with Crippen LogP contribution in [0.3, 0.4) is 0 Å². The highest BCUT2D eigenvalue weighted by atomic mass is 16.5. The van der Waals surface area contributed by atoms with Crippen LogP contribution < -0.4 is 9.64 Å². The van der Waals surface area contributed by atoms with Crippen molar-refractivity contribution in [3.8, 4) is 5.75 Å². The third-order valence-electron chi connectivity index (χ3n) is 3.69. The molecular weight excluding hydrogens is 242 g/mol. The highest BCUT2D eigenvalue weighted by molar-refractivity contribution is 6.02. The van der Waals surface area contributed by atoms with E-state index in [-0.39, 0.29) is 5.78 Å². The molecule has 0 saturated carbocycles. The lowest BCUT2D eigenvalue weighted by molar-refractivity contribution is 0.0818. The number of carbonyl (C=O) groups excluding carboxylic acids is 1. The summed E-state index contributed by atoms with van der Waals surface area (Å²) in [6.45, 7) is 3.40. The number of nitrogens with zero attached hydrogens (tertiary/aromatic N) is 1. The molecule has 0 N–H and O–H groups in total. The van der Waals surface area contributed by atoms with E-state index in [2.05, 4.69) is 4.90 Å². The number of hydrogen-bond donors (Lipinski definition) is 0. The lowest BCUT2D eigenvalue weighted by Gasteiger charge is -2.34. The normalized spacial score (nSPS) is 16.5. The fourth-order valence-electron chi connectivity index (χ4n) is 2.64. The number of hydrogen-bond acceptors (Lipinski definition) is 4. The zero-order chi connectivity index (χ0) is 13.8. The van der Waals surface area contributed by atoms with Crippen molar-refractivity contribution in [2.24, 2.45) is 0 Å². The van der Waals surface area contributed by atoms with Gasteiger partial charge in [-0.15, -0.1) is 0 Å².